The molecule has 20 heavy (non-hydrogen) atoms. The fourth-order valence-corrected chi connectivity index (χ4v) is 3.78. The number of hydrogen-bond acceptors (Lipinski definition) is 2. The first kappa shape index (κ1) is 13.6. The summed E-state index contributed by atoms with van der Waals surface area (Å²) in [6.45, 7) is 0. The van der Waals surface area contributed by atoms with Crippen molar-refractivity contribution >= 4 is 5.91 Å². The minimum atomic E-state index is -0.531. The summed E-state index contributed by atoms with van der Waals surface area (Å²) in [4.78, 5) is 12.1. The van der Waals surface area contributed by atoms with Gasteiger partial charge in [-0.05, 0) is 43.2 Å². The summed E-state index contributed by atoms with van der Waals surface area (Å²) in [5.74, 6) is -0.183. The second kappa shape index (κ2) is 5.57. The zero-order chi connectivity index (χ0) is 14.0. The highest BCUT2D eigenvalue weighted by molar-refractivity contribution is 5.85. The van der Waals surface area contributed by atoms with Crippen LogP contribution in [0.1, 0.15) is 49.7 Å². The molecule has 0 radical (unpaired) electrons. The Labute approximate surface area is 120 Å². The lowest BCUT2D eigenvalue weighted by molar-refractivity contribution is -0.125. The average Bonchev–Trinajstić information content (AvgIpc) is 2.48. The van der Waals surface area contributed by atoms with Crippen molar-refractivity contribution in [3.05, 3.63) is 35.4 Å². The van der Waals surface area contributed by atoms with Crippen LogP contribution in [0.5, 0.6) is 0 Å². The summed E-state index contributed by atoms with van der Waals surface area (Å²) in [6, 6.07) is 8.89. The van der Waals surface area contributed by atoms with E-state index in [2.05, 4.69) is 29.6 Å². The van der Waals surface area contributed by atoms with Crippen LogP contribution in [0.2, 0.25) is 0 Å². The third kappa shape index (κ3) is 2.59. The molecule has 3 N–H and O–H groups in total. The van der Waals surface area contributed by atoms with Crippen molar-refractivity contribution in [3.8, 4) is 0 Å². The number of primary amides is 1. The Hall–Kier alpha value is -1.35. The molecule has 1 aromatic rings. The largest absolute Gasteiger partial charge is 0.368 e. The van der Waals surface area contributed by atoms with Crippen LogP contribution < -0.4 is 11.1 Å². The summed E-state index contributed by atoms with van der Waals surface area (Å²) in [5.41, 5.74) is 7.89. The molecule has 108 valence electrons. The molecule has 1 unspecified atom stereocenters. The lowest BCUT2D eigenvalue weighted by Crippen LogP contribution is -2.61. The van der Waals surface area contributed by atoms with Gasteiger partial charge in [0, 0.05) is 6.04 Å². The summed E-state index contributed by atoms with van der Waals surface area (Å²) in [6.07, 6.45) is 8.73. The molecule has 2 aliphatic rings. The maximum Gasteiger partial charge on any atom is 0.238 e. The minimum Gasteiger partial charge on any atom is -0.368 e. The molecule has 3 heteroatoms. The Kier molecular flexibility index (Phi) is 3.79. The first-order valence-electron chi connectivity index (χ1n) is 7.84. The van der Waals surface area contributed by atoms with Gasteiger partial charge in [-0.25, -0.2) is 0 Å². The van der Waals surface area contributed by atoms with E-state index in [0.29, 0.717) is 6.04 Å². The molecular weight excluding hydrogens is 248 g/mol. The quantitative estimate of drug-likeness (QED) is 0.887. The average molecular weight is 272 g/mol. The molecule has 0 saturated heterocycles. The van der Waals surface area contributed by atoms with Crippen LogP contribution in [0.15, 0.2) is 24.3 Å². The normalized spacial score (nSPS) is 27.0. The summed E-state index contributed by atoms with van der Waals surface area (Å²) >= 11 is 0. The van der Waals surface area contributed by atoms with Gasteiger partial charge in [0.2, 0.25) is 5.91 Å². The van der Waals surface area contributed by atoms with Crippen molar-refractivity contribution in [2.24, 2.45) is 5.73 Å². The number of rotatable bonds is 3. The van der Waals surface area contributed by atoms with Gasteiger partial charge in [0.05, 0.1) is 0 Å². The predicted octanol–water partition coefficient (Wildman–Crippen LogP) is 2.32. The van der Waals surface area contributed by atoms with Crippen molar-refractivity contribution in [1.29, 1.82) is 0 Å². The van der Waals surface area contributed by atoms with E-state index in [0.717, 1.165) is 19.3 Å². The van der Waals surface area contributed by atoms with Crippen LogP contribution in [0.25, 0.3) is 0 Å². The van der Waals surface area contributed by atoms with Crippen molar-refractivity contribution in [2.75, 3.05) is 0 Å². The maximum absolute atomic E-state index is 12.1. The highest BCUT2D eigenvalue weighted by Gasteiger charge is 2.41. The second-order valence-corrected chi connectivity index (χ2v) is 6.37. The molecule has 3 nitrogen and oxygen atoms in total. The van der Waals surface area contributed by atoms with Gasteiger partial charge in [-0.3, -0.25) is 4.79 Å². The molecule has 0 aliphatic heterocycles. The minimum absolute atomic E-state index is 0.183. The van der Waals surface area contributed by atoms with Crippen LogP contribution in [-0.2, 0) is 17.6 Å². The number of benzene rings is 1. The molecule has 1 aromatic carbocycles. The molecule has 1 amide bonds. The Balaban J connectivity index is 1.81. The topological polar surface area (TPSA) is 55.1 Å². The molecule has 0 bridgehead atoms. The summed E-state index contributed by atoms with van der Waals surface area (Å²) < 4.78 is 0. The molecule has 0 aromatic heterocycles. The van der Waals surface area contributed by atoms with E-state index in [-0.39, 0.29) is 5.91 Å². The standard InChI is InChI=1S/C17H24N2O/c18-16(20)17(19-15-8-2-1-3-9-15)11-10-13-6-4-5-7-14(13)12-17/h4-7,15,19H,1-3,8-12H2,(H2,18,20). The van der Waals surface area contributed by atoms with Gasteiger partial charge in [0.25, 0.3) is 0 Å². The second-order valence-electron chi connectivity index (χ2n) is 6.37. The van der Waals surface area contributed by atoms with Gasteiger partial charge < -0.3 is 11.1 Å². The monoisotopic (exact) mass is 272 g/mol. The van der Waals surface area contributed by atoms with E-state index in [1.54, 1.807) is 0 Å². The fraction of sp³-hybridized carbons (Fsp3) is 0.588. The third-order valence-electron chi connectivity index (χ3n) is 4.99. The fourth-order valence-electron chi connectivity index (χ4n) is 3.78. The smallest absolute Gasteiger partial charge is 0.238 e. The zero-order valence-electron chi connectivity index (χ0n) is 12.0. The third-order valence-corrected chi connectivity index (χ3v) is 4.99. The molecule has 0 spiro atoms. The number of carbonyl (C=O) groups excluding carboxylic acids is 1. The van der Waals surface area contributed by atoms with Crippen molar-refractivity contribution in [3.63, 3.8) is 0 Å². The number of nitrogens with one attached hydrogen (secondary N) is 1. The predicted molar refractivity (Wildman–Crippen MR) is 80.4 cm³/mol. The van der Waals surface area contributed by atoms with Crippen molar-refractivity contribution in [1.82, 2.24) is 5.32 Å². The van der Waals surface area contributed by atoms with Crippen LogP contribution in [0.3, 0.4) is 0 Å². The van der Waals surface area contributed by atoms with Crippen molar-refractivity contribution < 1.29 is 4.79 Å². The number of carbonyl (C=O) groups is 1. The van der Waals surface area contributed by atoms with Gasteiger partial charge in [0.1, 0.15) is 5.54 Å². The molecule has 3 rings (SSSR count). The first-order valence-corrected chi connectivity index (χ1v) is 7.84. The van der Waals surface area contributed by atoms with Crippen LogP contribution in [0.4, 0.5) is 0 Å². The highest BCUT2D eigenvalue weighted by atomic mass is 16.1. The molecule has 2 aliphatic carbocycles. The lowest BCUT2D eigenvalue weighted by atomic mass is 9.76. The molecule has 0 heterocycles. The van der Waals surface area contributed by atoms with Crippen LogP contribution in [-0.4, -0.2) is 17.5 Å². The number of aryl methyl sites for hydroxylation is 1. The number of nitrogens with two attached hydrogens (primary N) is 1. The van der Waals surface area contributed by atoms with E-state index in [4.69, 9.17) is 5.73 Å². The lowest BCUT2D eigenvalue weighted by Gasteiger charge is -2.40. The zero-order valence-corrected chi connectivity index (χ0v) is 12.0. The highest BCUT2D eigenvalue weighted by Crippen LogP contribution is 2.31. The summed E-state index contributed by atoms with van der Waals surface area (Å²) in [5, 5.41) is 3.64. The van der Waals surface area contributed by atoms with Gasteiger partial charge in [0.15, 0.2) is 0 Å². The molecule has 1 saturated carbocycles. The Morgan fingerprint density at radius 2 is 1.85 bits per heavy atom. The molecule has 1 fully saturated rings. The van der Waals surface area contributed by atoms with E-state index in [1.807, 2.05) is 0 Å². The molecular formula is C17H24N2O. The maximum atomic E-state index is 12.1. The van der Waals surface area contributed by atoms with Gasteiger partial charge in [-0.2, -0.15) is 0 Å². The van der Waals surface area contributed by atoms with Gasteiger partial charge in [-0.1, -0.05) is 43.5 Å². The Bertz CT molecular complexity index is 494. The Morgan fingerprint density at radius 3 is 2.55 bits per heavy atom. The van der Waals surface area contributed by atoms with Gasteiger partial charge >= 0.3 is 0 Å². The molecule has 1 atom stereocenters. The number of amides is 1. The van der Waals surface area contributed by atoms with Crippen LogP contribution in [0, 0.1) is 0 Å². The Morgan fingerprint density at radius 1 is 1.15 bits per heavy atom. The van der Waals surface area contributed by atoms with Crippen LogP contribution >= 0.6 is 0 Å². The summed E-state index contributed by atoms with van der Waals surface area (Å²) in [7, 11) is 0. The number of hydrogen-bond donors (Lipinski definition) is 2. The van der Waals surface area contributed by atoms with Crippen molar-refractivity contribution in [2.45, 2.75) is 62.9 Å². The van der Waals surface area contributed by atoms with E-state index < -0.39 is 5.54 Å². The van der Waals surface area contributed by atoms with Gasteiger partial charge in [-0.15, -0.1) is 0 Å². The van der Waals surface area contributed by atoms with E-state index in [9.17, 15) is 4.79 Å². The first-order chi connectivity index (χ1) is 9.70. The van der Waals surface area contributed by atoms with E-state index >= 15 is 0 Å². The van der Waals surface area contributed by atoms with E-state index in [1.165, 1.54) is 43.2 Å². The number of fused-ring (bicyclic) bond motifs is 1. The SMILES string of the molecule is NC(=O)C1(NC2CCCCC2)CCc2ccccc2C1.